The van der Waals surface area contributed by atoms with Crippen molar-refractivity contribution < 1.29 is 31.9 Å². The summed E-state index contributed by atoms with van der Waals surface area (Å²) >= 11 is 0. The number of nitrogens with one attached hydrogen (secondary N) is 3. The average Bonchev–Trinajstić information content (AvgIpc) is 2.82. The van der Waals surface area contributed by atoms with Crippen molar-refractivity contribution in [3.63, 3.8) is 0 Å². The summed E-state index contributed by atoms with van der Waals surface area (Å²) in [7, 11) is 1.49. The summed E-state index contributed by atoms with van der Waals surface area (Å²) in [4.78, 5) is 26.4. The molecule has 0 saturated heterocycles. The van der Waals surface area contributed by atoms with E-state index in [1.54, 1.807) is 24.3 Å². The molecule has 0 aliphatic rings. The molecular weight excluding hydrogens is 468 g/mol. The van der Waals surface area contributed by atoms with Gasteiger partial charge >= 0.3 is 18.2 Å². The van der Waals surface area contributed by atoms with Crippen molar-refractivity contribution in [3.8, 4) is 5.75 Å². The first-order chi connectivity index (χ1) is 16.7. The van der Waals surface area contributed by atoms with Crippen LogP contribution < -0.4 is 25.6 Å². The number of hydrogen-bond acceptors (Lipinski definition) is 3. The molecule has 7 nitrogen and oxygen atoms in total. The van der Waals surface area contributed by atoms with Gasteiger partial charge in [0.1, 0.15) is 11.6 Å². The van der Waals surface area contributed by atoms with Gasteiger partial charge in [-0.05, 0) is 54.6 Å². The fourth-order valence-electron chi connectivity index (χ4n) is 3.09. The zero-order valence-corrected chi connectivity index (χ0v) is 18.5. The second kappa shape index (κ2) is 11.2. The molecule has 3 N–H and O–H groups in total. The van der Waals surface area contributed by atoms with Crippen LogP contribution in [0.15, 0.2) is 72.8 Å². The van der Waals surface area contributed by atoms with E-state index in [9.17, 15) is 27.2 Å². The fraction of sp³-hybridized carbons (Fsp3) is 0.167. The van der Waals surface area contributed by atoms with Gasteiger partial charge in [0.05, 0.1) is 12.7 Å². The quantitative estimate of drug-likeness (QED) is 0.371. The highest BCUT2D eigenvalue weighted by Crippen LogP contribution is 2.30. The van der Waals surface area contributed by atoms with E-state index in [0.29, 0.717) is 17.1 Å². The van der Waals surface area contributed by atoms with Crippen molar-refractivity contribution in [2.45, 2.75) is 6.18 Å². The summed E-state index contributed by atoms with van der Waals surface area (Å²) in [6, 6.07) is 14.8. The minimum Gasteiger partial charge on any atom is -0.497 e. The zero-order valence-electron chi connectivity index (χ0n) is 18.5. The van der Waals surface area contributed by atoms with Crippen LogP contribution in [-0.2, 0) is 6.18 Å². The number of rotatable bonds is 7. The monoisotopic (exact) mass is 490 g/mol. The number of carbonyl (C=O) groups excluding carboxylic acids is 2. The van der Waals surface area contributed by atoms with Crippen LogP contribution >= 0.6 is 0 Å². The Morgan fingerprint density at radius 2 is 1.57 bits per heavy atom. The molecule has 0 spiro atoms. The van der Waals surface area contributed by atoms with Crippen molar-refractivity contribution >= 4 is 29.1 Å². The smallest absolute Gasteiger partial charge is 0.416 e. The van der Waals surface area contributed by atoms with Gasteiger partial charge in [-0.3, -0.25) is 4.90 Å². The highest BCUT2D eigenvalue weighted by Gasteiger charge is 2.30. The third-order valence-corrected chi connectivity index (χ3v) is 4.77. The van der Waals surface area contributed by atoms with E-state index in [-0.39, 0.29) is 18.8 Å². The minimum atomic E-state index is -4.54. The molecule has 0 aliphatic carbocycles. The van der Waals surface area contributed by atoms with Gasteiger partial charge in [0, 0.05) is 36.2 Å². The van der Waals surface area contributed by atoms with Gasteiger partial charge in [0.15, 0.2) is 0 Å². The zero-order chi connectivity index (χ0) is 25.4. The predicted octanol–water partition coefficient (Wildman–Crippen LogP) is 5.71. The van der Waals surface area contributed by atoms with Crippen molar-refractivity contribution in [2.24, 2.45) is 0 Å². The number of urea groups is 2. The molecule has 0 aromatic heterocycles. The lowest BCUT2D eigenvalue weighted by atomic mass is 10.2. The third-order valence-electron chi connectivity index (χ3n) is 4.77. The molecule has 0 unspecified atom stereocenters. The topological polar surface area (TPSA) is 82.7 Å². The molecule has 184 valence electrons. The highest BCUT2D eigenvalue weighted by molar-refractivity contribution is 6.02. The molecule has 11 heteroatoms. The van der Waals surface area contributed by atoms with E-state index < -0.39 is 29.6 Å². The van der Waals surface area contributed by atoms with Crippen LogP contribution in [0.5, 0.6) is 5.75 Å². The van der Waals surface area contributed by atoms with Crippen LogP contribution in [0, 0.1) is 5.82 Å². The summed E-state index contributed by atoms with van der Waals surface area (Å²) in [5.41, 5.74) is -0.112. The maximum Gasteiger partial charge on any atom is 0.416 e. The number of ether oxygens (including phenoxy) is 1. The van der Waals surface area contributed by atoms with Crippen LogP contribution in [0.3, 0.4) is 0 Å². The number of nitrogens with zero attached hydrogens (tertiary/aromatic N) is 1. The number of methoxy groups -OCH3 is 1. The Bertz CT molecular complexity index is 1170. The third kappa shape index (κ3) is 7.36. The predicted molar refractivity (Wildman–Crippen MR) is 124 cm³/mol. The maximum absolute atomic E-state index is 13.4. The molecule has 0 heterocycles. The molecule has 3 aromatic carbocycles. The van der Waals surface area contributed by atoms with Gasteiger partial charge in [0.2, 0.25) is 0 Å². The molecule has 0 bridgehead atoms. The van der Waals surface area contributed by atoms with Gasteiger partial charge < -0.3 is 20.7 Å². The average molecular weight is 490 g/mol. The Morgan fingerprint density at radius 1 is 0.914 bits per heavy atom. The van der Waals surface area contributed by atoms with E-state index in [2.05, 4.69) is 16.0 Å². The Kier molecular flexibility index (Phi) is 8.13. The first-order valence-corrected chi connectivity index (χ1v) is 10.4. The molecular formula is C24H22F4N4O3. The van der Waals surface area contributed by atoms with Crippen molar-refractivity contribution in [3.05, 3.63) is 84.2 Å². The normalized spacial score (nSPS) is 10.9. The second-order valence-corrected chi connectivity index (χ2v) is 7.25. The van der Waals surface area contributed by atoms with Crippen molar-refractivity contribution in [2.75, 3.05) is 35.7 Å². The molecule has 4 amide bonds. The lowest BCUT2D eigenvalue weighted by molar-refractivity contribution is -0.137. The van der Waals surface area contributed by atoms with Gasteiger partial charge in [-0.1, -0.05) is 12.1 Å². The van der Waals surface area contributed by atoms with Crippen LogP contribution in [-0.4, -0.2) is 32.3 Å². The van der Waals surface area contributed by atoms with Gasteiger partial charge in [-0.15, -0.1) is 0 Å². The van der Waals surface area contributed by atoms with Crippen molar-refractivity contribution in [1.82, 2.24) is 5.32 Å². The molecule has 3 aromatic rings. The first kappa shape index (κ1) is 25.3. The largest absolute Gasteiger partial charge is 0.497 e. The molecule has 0 radical (unpaired) electrons. The van der Waals surface area contributed by atoms with Gasteiger partial charge in [-0.25, -0.2) is 14.0 Å². The SMILES string of the molecule is COc1cccc(NC(=O)N(CCNC(=O)Nc2cccc(C(F)(F)F)c2)c2ccc(F)cc2)c1. The number of anilines is 3. The number of benzene rings is 3. The molecule has 35 heavy (non-hydrogen) atoms. The summed E-state index contributed by atoms with van der Waals surface area (Å²) in [6.07, 6.45) is -4.54. The number of halogens is 4. The fourth-order valence-corrected chi connectivity index (χ4v) is 3.09. The van der Waals surface area contributed by atoms with Crippen LogP contribution in [0.1, 0.15) is 5.56 Å². The number of carbonyl (C=O) groups is 2. The highest BCUT2D eigenvalue weighted by atomic mass is 19.4. The minimum absolute atomic E-state index is 0.0164. The summed E-state index contributed by atoms with van der Waals surface area (Å²) in [6.45, 7) is -0.0643. The van der Waals surface area contributed by atoms with Crippen molar-refractivity contribution in [1.29, 1.82) is 0 Å². The van der Waals surface area contributed by atoms with E-state index >= 15 is 0 Å². The number of alkyl halides is 3. The Balaban J connectivity index is 1.65. The van der Waals surface area contributed by atoms with E-state index in [0.717, 1.165) is 12.1 Å². The first-order valence-electron chi connectivity index (χ1n) is 10.4. The van der Waals surface area contributed by atoms with Gasteiger partial charge in [-0.2, -0.15) is 13.2 Å². The maximum atomic E-state index is 13.4. The van der Waals surface area contributed by atoms with E-state index in [1.165, 1.54) is 48.4 Å². The molecule has 0 saturated carbocycles. The lowest BCUT2D eigenvalue weighted by Gasteiger charge is -2.23. The summed E-state index contributed by atoms with van der Waals surface area (Å²) in [5, 5.41) is 7.52. The van der Waals surface area contributed by atoms with Gasteiger partial charge in [0.25, 0.3) is 0 Å². The van der Waals surface area contributed by atoms with E-state index in [4.69, 9.17) is 4.74 Å². The van der Waals surface area contributed by atoms with E-state index in [1.807, 2.05) is 0 Å². The Hall–Kier alpha value is -4.28. The second-order valence-electron chi connectivity index (χ2n) is 7.25. The summed E-state index contributed by atoms with van der Waals surface area (Å²) in [5.74, 6) is 0.0459. The van der Waals surface area contributed by atoms with Crippen LogP contribution in [0.25, 0.3) is 0 Å². The standard InChI is InChI=1S/C24H22F4N4O3/c1-35-21-7-3-6-19(15-21)31-23(34)32(20-10-8-17(25)9-11-20)13-12-29-22(33)30-18-5-2-4-16(14-18)24(26,27)28/h2-11,14-15H,12-13H2,1H3,(H,31,34)(H2,29,30,33). The molecule has 0 aliphatic heterocycles. The van der Waals surface area contributed by atoms with Crippen LogP contribution in [0.2, 0.25) is 0 Å². The Labute approximate surface area is 198 Å². The van der Waals surface area contributed by atoms with Crippen LogP contribution in [0.4, 0.5) is 44.2 Å². The lowest BCUT2D eigenvalue weighted by Crippen LogP contribution is -2.42. The number of hydrogen-bond donors (Lipinski definition) is 3. The Morgan fingerprint density at radius 3 is 2.23 bits per heavy atom. The number of amides is 4. The summed E-state index contributed by atoms with van der Waals surface area (Å²) < 4.78 is 57.1. The molecule has 3 rings (SSSR count). The molecule has 0 atom stereocenters. The molecule has 0 fully saturated rings.